The van der Waals surface area contributed by atoms with Crippen LogP contribution in [-0.2, 0) is 16.6 Å². The lowest BCUT2D eigenvalue weighted by molar-refractivity contribution is -0.117. The van der Waals surface area contributed by atoms with Crippen LogP contribution in [0.5, 0.6) is 0 Å². The van der Waals surface area contributed by atoms with Crippen LogP contribution >= 0.6 is 22.9 Å². The summed E-state index contributed by atoms with van der Waals surface area (Å²) in [4.78, 5) is 23.0. The molecule has 2 aromatic rings. The first kappa shape index (κ1) is 21.2. The standard InChI is InChI=1S/C21H29ClN4OS/c1-21(2,3)19-17(13-15-5-7-16(22)8-6-15)28-20(24-19)23-18(27)14-26-11-9-25(4)10-12-26/h5-8H,9-14H2,1-4H3,(H,23,24,27). The van der Waals surface area contributed by atoms with Crippen LogP contribution in [0.15, 0.2) is 24.3 Å². The van der Waals surface area contributed by atoms with E-state index in [1.165, 1.54) is 10.4 Å². The highest BCUT2D eigenvalue weighted by molar-refractivity contribution is 7.15. The molecule has 1 amide bonds. The summed E-state index contributed by atoms with van der Waals surface area (Å²) in [6.07, 6.45) is 0.787. The first-order valence-corrected chi connectivity index (χ1v) is 10.9. The molecule has 0 radical (unpaired) electrons. The number of carbonyl (C=O) groups is 1. The predicted molar refractivity (Wildman–Crippen MR) is 118 cm³/mol. The summed E-state index contributed by atoms with van der Waals surface area (Å²) in [5.74, 6) is 0.0109. The summed E-state index contributed by atoms with van der Waals surface area (Å²) in [7, 11) is 2.11. The molecule has 5 nitrogen and oxygen atoms in total. The third kappa shape index (κ3) is 5.77. The molecule has 1 saturated heterocycles. The van der Waals surface area contributed by atoms with Crippen molar-refractivity contribution in [1.82, 2.24) is 14.8 Å². The maximum absolute atomic E-state index is 12.5. The van der Waals surface area contributed by atoms with Crippen molar-refractivity contribution in [2.45, 2.75) is 32.6 Å². The van der Waals surface area contributed by atoms with Crippen LogP contribution in [0, 0.1) is 0 Å². The Balaban J connectivity index is 1.70. The van der Waals surface area contributed by atoms with Crippen LogP contribution < -0.4 is 5.32 Å². The maximum atomic E-state index is 12.5. The predicted octanol–water partition coefficient (Wildman–Crippen LogP) is 3.87. The van der Waals surface area contributed by atoms with Crippen molar-refractivity contribution in [3.8, 4) is 0 Å². The van der Waals surface area contributed by atoms with Gasteiger partial charge in [-0.1, -0.05) is 44.5 Å². The van der Waals surface area contributed by atoms with Gasteiger partial charge in [0.25, 0.3) is 0 Å². The molecule has 1 aliphatic rings. The molecule has 152 valence electrons. The first-order valence-electron chi connectivity index (χ1n) is 9.66. The topological polar surface area (TPSA) is 48.5 Å². The number of amides is 1. The fourth-order valence-electron chi connectivity index (χ4n) is 3.27. The highest BCUT2D eigenvalue weighted by atomic mass is 35.5. The normalized spacial score (nSPS) is 16.3. The molecule has 0 unspecified atom stereocenters. The van der Waals surface area contributed by atoms with Crippen molar-refractivity contribution in [2.24, 2.45) is 0 Å². The van der Waals surface area contributed by atoms with Gasteiger partial charge in [0, 0.05) is 47.9 Å². The van der Waals surface area contributed by atoms with Gasteiger partial charge in [0.2, 0.25) is 5.91 Å². The van der Waals surface area contributed by atoms with E-state index in [1.54, 1.807) is 11.3 Å². The minimum Gasteiger partial charge on any atom is -0.304 e. The molecule has 1 fully saturated rings. The summed E-state index contributed by atoms with van der Waals surface area (Å²) in [5, 5.41) is 4.45. The van der Waals surface area contributed by atoms with Crippen molar-refractivity contribution in [3.63, 3.8) is 0 Å². The third-order valence-electron chi connectivity index (χ3n) is 4.90. The Morgan fingerprint density at radius 3 is 2.43 bits per heavy atom. The number of anilines is 1. The van der Waals surface area contributed by atoms with Gasteiger partial charge >= 0.3 is 0 Å². The number of likely N-dealkylation sites (N-methyl/N-ethyl adjacent to an activating group) is 1. The van der Waals surface area contributed by atoms with Crippen molar-refractivity contribution in [2.75, 3.05) is 45.1 Å². The Morgan fingerprint density at radius 2 is 1.82 bits per heavy atom. The lowest BCUT2D eigenvalue weighted by Gasteiger charge is -2.31. The molecule has 0 saturated carbocycles. The largest absolute Gasteiger partial charge is 0.304 e. The molecule has 0 aliphatic carbocycles. The van der Waals surface area contributed by atoms with Crippen LogP contribution in [0.1, 0.15) is 36.9 Å². The maximum Gasteiger partial charge on any atom is 0.240 e. The number of hydrogen-bond acceptors (Lipinski definition) is 5. The summed E-state index contributed by atoms with van der Waals surface area (Å²) >= 11 is 7.58. The number of hydrogen-bond donors (Lipinski definition) is 1. The number of nitrogens with one attached hydrogen (secondary N) is 1. The van der Waals surface area contributed by atoms with Gasteiger partial charge in [-0.25, -0.2) is 4.98 Å². The number of benzene rings is 1. The van der Waals surface area contributed by atoms with Gasteiger partial charge in [-0.2, -0.15) is 0 Å². The summed E-state index contributed by atoms with van der Waals surface area (Å²) in [6.45, 7) is 10.8. The molecule has 1 aromatic carbocycles. The van der Waals surface area contributed by atoms with E-state index in [1.807, 2.05) is 24.3 Å². The molecule has 28 heavy (non-hydrogen) atoms. The zero-order chi connectivity index (χ0) is 20.3. The summed E-state index contributed by atoms with van der Waals surface area (Å²) in [5.41, 5.74) is 2.15. The second-order valence-corrected chi connectivity index (χ2v) is 9.99. The molecule has 1 N–H and O–H groups in total. The van der Waals surface area contributed by atoms with E-state index in [2.05, 4.69) is 42.9 Å². The number of carbonyl (C=O) groups excluding carboxylic acids is 1. The van der Waals surface area contributed by atoms with Gasteiger partial charge in [0.15, 0.2) is 5.13 Å². The van der Waals surface area contributed by atoms with Gasteiger partial charge in [-0.3, -0.25) is 9.69 Å². The van der Waals surface area contributed by atoms with Crippen LogP contribution in [0.4, 0.5) is 5.13 Å². The van der Waals surface area contributed by atoms with E-state index in [-0.39, 0.29) is 11.3 Å². The number of halogens is 1. The van der Waals surface area contributed by atoms with Crippen molar-refractivity contribution in [3.05, 3.63) is 45.4 Å². The lowest BCUT2D eigenvalue weighted by Crippen LogP contribution is -2.47. The van der Waals surface area contributed by atoms with E-state index in [0.29, 0.717) is 11.7 Å². The van der Waals surface area contributed by atoms with Gasteiger partial charge in [-0.15, -0.1) is 11.3 Å². The highest BCUT2D eigenvalue weighted by Gasteiger charge is 2.24. The zero-order valence-electron chi connectivity index (χ0n) is 17.1. The molecule has 3 rings (SSSR count). The van der Waals surface area contributed by atoms with Crippen LogP contribution in [0.3, 0.4) is 0 Å². The lowest BCUT2D eigenvalue weighted by atomic mass is 9.90. The van der Waals surface area contributed by atoms with Crippen LogP contribution in [-0.4, -0.2) is 60.5 Å². The summed E-state index contributed by atoms with van der Waals surface area (Å²) in [6, 6.07) is 7.90. The Hall–Kier alpha value is -1.47. The average Bonchev–Trinajstić information content (AvgIpc) is 3.01. The minimum atomic E-state index is -0.0846. The number of piperazine rings is 1. The van der Waals surface area contributed by atoms with Crippen LogP contribution in [0.25, 0.3) is 0 Å². The highest BCUT2D eigenvalue weighted by Crippen LogP contribution is 2.33. The Labute approximate surface area is 176 Å². The fourth-order valence-corrected chi connectivity index (χ4v) is 4.62. The molecule has 0 atom stereocenters. The second kappa shape index (κ2) is 8.91. The smallest absolute Gasteiger partial charge is 0.240 e. The first-order chi connectivity index (χ1) is 13.2. The monoisotopic (exact) mass is 420 g/mol. The van der Waals surface area contributed by atoms with Crippen molar-refractivity contribution in [1.29, 1.82) is 0 Å². The SMILES string of the molecule is CN1CCN(CC(=O)Nc2nc(C(C)(C)C)c(Cc3ccc(Cl)cc3)s2)CC1. The number of thiazole rings is 1. The molecular weight excluding hydrogens is 392 g/mol. The Bertz CT molecular complexity index is 805. The fraction of sp³-hybridized carbons (Fsp3) is 0.524. The zero-order valence-corrected chi connectivity index (χ0v) is 18.7. The third-order valence-corrected chi connectivity index (χ3v) is 6.12. The van der Waals surface area contributed by atoms with E-state index in [4.69, 9.17) is 16.6 Å². The van der Waals surface area contributed by atoms with Crippen LogP contribution in [0.2, 0.25) is 5.02 Å². The Morgan fingerprint density at radius 1 is 1.18 bits per heavy atom. The number of nitrogens with zero attached hydrogens (tertiary/aromatic N) is 3. The van der Waals surface area contributed by atoms with E-state index < -0.39 is 0 Å². The number of rotatable bonds is 5. The number of aromatic nitrogens is 1. The second-order valence-electron chi connectivity index (χ2n) is 8.47. The van der Waals surface area contributed by atoms with E-state index >= 15 is 0 Å². The van der Waals surface area contributed by atoms with Gasteiger partial charge in [0.1, 0.15) is 0 Å². The Kier molecular flexibility index (Phi) is 6.76. The molecule has 0 spiro atoms. The minimum absolute atomic E-state index is 0.0109. The molecular formula is C21H29ClN4OS. The van der Waals surface area contributed by atoms with Crippen molar-refractivity contribution >= 4 is 34.0 Å². The summed E-state index contributed by atoms with van der Waals surface area (Å²) < 4.78 is 0. The average molecular weight is 421 g/mol. The van der Waals surface area contributed by atoms with E-state index in [9.17, 15) is 4.79 Å². The quantitative estimate of drug-likeness (QED) is 0.797. The van der Waals surface area contributed by atoms with Crippen molar-refractivity contribution < 1.29 is 4.79 Å². The molecule has 1 aliphatic heterocycles. The van der Waals surface area contributed by atoms with E-state index in [0.717, 1.165) is 43.3 Å². The van der Waals surface area contributed by atoms with Gasteiger partial charge in [0.05, 0.1) is 12.2 Å². The van der Waals surface area contributed by atoms with Gasteiger partial charge in [-0.05, 0) is 24.7 Å². The molecule has 2 heterocycles. The molecule has 0 bridgehead atoms. The molecule has 1 aromatic heterocycles. The van der Waals surface area contributed by atoms with Gasteiger partial charge < -0.3 is 10.2 Å². The molecule has 7 heteroatoms.